The Labute approximate surface area is 117 Å². The zero-order valence-corrected chi connectivity index (χ0v) is 11.6. The zero-order valence-electron chi connectivity index (χ0n) is 11.6. The molecule has 2 aromatic carbocycles. The van der Waals surface area contributed by atoms with Crippen molar-refractivity contribution in [2.45, 2.75) is 25.8 Å². The van der Waals surface area contributed by atoms with Crippen molar-refractivity contribution < 1.29 is 4.52 Å². The van der Waals surface area contributed by atoms with E-state index in [4.69, 9.17) is 10.3 Å². The Morgan fingerprint density at radius 2 is 1.80 bits per heavy atom. The summed E-state index contributed by atoms with van der Waals surface area (Å²) in [5.74, 6) is 1.36. The van der Waals surface area contributed by atoms with Gasteiger partial charge in [0.05, 0.1) is 6.04 Å². The van der Waals surface area contributed by atoms with Gasteiger partial charge in [-0.2, -0.15) is 4.98 Å². The average Bonchev–Trinajstić information content (AvgIpc) is 2.96. The molecule has 1 heterocycles. The molecule has 0 amide bonds. The number of aromatic nitrogens is 2. The predicted octanol–water partition coefficient (Wildman–Crippen LogP) is 3.39. The molecule has 0 aliphatic carbocycles. The molecule has 4 nitrogen and oxygen atoms in total. The van der Waals surface area contributed by atoms with Crippen LogP contribution in [0, 0.1) is 0 Å². The lowest BCUT2D eigenvalue weighted by Crippen LogP contribution is -2.14. The van der Waals surface area contributed by atoms with Crippen LogP contribution in [-0.4, -0.2) is 10.1 Å². The lowest BCUT2D eigenvalue weighted by atomic mass is 9.99. The highest BCUT2D eigenvalue weighted by molar-refractivity contribution is 5.86. The van der Waals surface area contributed by atoms with E-state index in [1.165, 1.54) is 0 Å². The third kappa shape index (κ3) is 2.18. The van der Waals surface area contributed by atoms with Crippen molar-refractivity contribution in [1.29, 1.82) is 0 Å². The summed E-state index contributed by atoms with van der Waals surface area (Å²) in [7, 11) is 0. The number of nitrogens with two attached hydrogens (primary N) is 1. The smallest absolute Gasteiger partial charge is 0.229 e. The fourth-order valence-corrected chi connectivity index (χ4v) is 2.27. The molecule has 0 radical (unpaired) electrons. The molecule has 2 N–H and O–H groups in total. The number of rotatable bonds is 3. The Kier molecular flexibility index (Phi) is 3.24. The highest BCUT2D eigenvalue weighted by atomic mass is 16.5. The Morgan fingerprint density at radius 1 is 1.05 bits per heavy atom. The van der Waals surface area contributed by atoms with Gasteiger partial charge in [-0.05, 0) is 16.3 Å². The number of benzene rings is 2. The summed E-state index contributed by atoms with van der Waals surface area (Å²) in [4.78, 5) is 4.39. The molecule has 1 aromatic heterocycles. The van der Waals surface area contributed by atoms with Crippen molar-refractivity contribution >= 4 is 10.8 Å². The minimum Gasteiger partial charge on any atom is -0.339 e. The number of hydrogen-bond acceptors (Lipinski definition) is 4. The van der Waals surface area contributed by atoms with Crippen molar-refractivity contribution in [3.63, 3.8) is 0 Å². The number of fused-ring (bicyclic) bond motifs is 1. The van der Waals surface area contributed by atoms with Gasteiger partial charge in [-0.3, -0.25) is 0 Å². The first-order valence-electron chi connectivity index (χ1n) is 6.73. The molecule has 3 aromatic rings. The van der Waals surface area contributed by atoms with Crippen molar-refractivity contribution in [1.82, 2.24) is 10.1 Å². The first-order valence-corrected chi connectivity index (χ1v) is 6.73. The van der Waals surface area contributed by atoms with Crippen LogP contribution in [0.15, 0.2) is 47.0 Å². The Hall–Kier alpha value is -2.20. The van der Waals surface area contributed by atoms with E-state index in [2.05, 4.69) is 28.3 Å². The second kappa shape index (κ2) is 5.06. The van der Waals surface area contributed by atoms with Gasteiger partial charge in [0.15, 0.2) is 5.82 Å². The molecule has 0 fully saturated rings. The largest absolute Gasteiger partial charge is 0.339 e. The van der Waals surface area contributed by atoms with E-state index in [1.807, 2.05) is 38.1 Å². The van der Waals surface area contributed by atoms with Crippen LogP contribution in [-0.2, 0) is 0 Å². The minimum absolute atomic E-state index is 0.205. The fraction of sp³-hybridized carbons (Fsp3) is 0.250. The van der Waals surface area contributed by atoms with Gasteiger partial charge in [-0.15, -0.1) is 0 Å². The van der Waals surface area contributed by atoms with Gasteiger partial charge < -0.3 is 10.3 Å². The van der Waals surface area contributed by atoms with E-state index in [0.29, 0.717) is 11.7 Å². The van der Waals surface area contributed by atoms with Crippen molar-refractivity contribution in [3.8, 4) is 0 Å². The van der Waals surface area contributed by atoms with E-state index >= 15 is 0 Å². The molecule has 0 aliphatic heterocycles. The molecule has 20 heavy (non-hydrogen) atoms. The van der Waals surface area contributed by atoms with Gasteiger partial charge in [0.1, 0.15) is 0 Å². The third-order valence-corrected chi connectivity index (χ3v) is 3.39. The summed E-state index contributed by atoms with van der Waals surface area (Å²) < 4.78 is 5.24. The quantitative estimate of drug-likeness (QED) is 0.790. The minimum atomic E-state index is -0.377. The molecule has 3 rings (SSSR count). The summed E-state index contributed by atoms with van der Waals surface area (Å²) in [5.41, 5.74) is 7.32. The normalized spacial score (nSPS) is 13.0. The highest BCUT2D eigenvalue weighted by Crippen LogP contribution is 2.26. The van der Waals surface area contributed by atoms with Crippen LogP contribution in [0.2, 0.25) is 0 Å². The van der Waals surface area contributed by atoms with Crippen LogP contribution in [0.5, 0.6) is 0 Å². The maximum atomic E-state index is 6.31. The van der Waals surface area contributed by atoms with Gasteiger partial charge >= 0.3 is 0 Å². The van der Waals surface area contributed by atoms with Crippen LogP contribution in [0.1, 0.15) is 43.1 Å². The van der Waals surface area contributed by atoms with E-state index in [0.717, 1.165) is 16.3 Å². The van der Waals surface area contributed by atoms with Crippen LogP contribution in [0.4, 0.5) is 0 Å². The number of nitrogens with zero attached hydrogens (tertiary/aromatic N) is 2. The maximum Gasteiger partial charge on any atom is 0.229 e. The standard InChI is InChI=1S/C16H17N3O/c1-10(2)16-18-15(19-20-16)14(17)13-9-5-7-11-6-3-4-8-12(11)13/h3-10,14H,17H2,1-2H3. The molecule has 0 saturated carbocycles. The predicted molar refractivity (Wildman–Crippen MR) is 78.4 cm³/mol. The van der Waals surface area contributed by atoms with Gasteiger partial charge in [0, 0.05) is 5.92 Å². The van der Waals surface area contributed by atoms with Crippen LogP contribution >= 0.6 is 0 Å². The van der Waals surface area contributed by atoms with Crippen molar-refractivity contribution in [2.24, 2.45) is 5.73 Å². The Bertz CT molecular complexity index is 728. The number of hydrogen-bond donors (Lipinski definition) is 1. The lowest BCUT2D eigenvalue weighted by molar-refractivity contribution is 0.359. The van der Waals surface area contributed by atoms with E-state index in [1.54, 1.807) is 0 Å². The summed E-state index contributed by atoms with van der Waals surface area (Å²) in [6.07, 6.45) is 0. The van der Waals surface area contributed by atoms with Gasteiger partial charge in [-0.25, -0.2) is 0 Å². The first-order chi connectivity index (χ1) is 9.66. The SMILES string of the molecule is CC(C)c1nc(C(N)c2cccc3ccccc23)no1. The Morgan fingerprint density at radius 3 is 2.55 bits per heavy atom. The Balaban J connectivity index is 2.05. The fourth-order valence-electron chi connectivity index (χ4n) is 2.27. The van der Waals surface area contributed by atoms with E-state index < -0.39 is 0 Å². The van der Waals surface area contributed by atoms with Crippen LogP contribution < -0.4 is 5.73 Å². The van der Waals surface area contributed by atoms with Crippen LogP contribution in [0.3, 0.4) is 0 Å². The van der Waals surface area contributed by atoms with Gasteiger partial charge in [0.2, 0.25) is 5.89 Å². The maximum absolute atomic E-state index is 6.31. The molecule has 0 saturated heterocycles. The summed E-state index contributed by atoms with van der Waals surface area (Å²) in [6.45, 7) is 4.03. The third-order valence-electron chi connectivity index (χ3n) is 3.39. The highest BCUT2D eigenvalue weighted by Gasteiger charge is 2.19. The van der Waals surface area contributed by atoms with Crippen LogP contribution in [0.25, 0.3) is 10.8 Å². The summed E-state index contributed by atoms with van der Waals surface area (Å²) >= 11 is 0. The molecule has 0 aliphatic rings. The topological polar surface area (TPSA) is 64.9 Å². The molecule has 0 spiro atoms. The van der Waals surface area contributed by atoms with E-state index in [-0.39, 0.29) is 12.0 Å². The summed E-state index contributed by atoms with van der Waals surface area (Å²) in [6, 6.07) is 13.9. The van der Waals surface area contributed by atoms with Crippen molar-refractivity contribution in [2.75, 3.05) is 0 Å². The molecular weight excluding hydrogens is 250 g/mol. The monoisotopic (exact) mass is 267 g/mol. The second-order valence-electron chi connectivity index (χ2n) is 5.19. The second-order valence-corrected chi connectivity index (χ2v) is 5.19. The average molecular weight is 267 g/mol. The first kappa shape index (κ1) is 12.8. The molecule has 0 bridgehead atoms. The van der Waals surface area contributed by atoms with E-state index in [9.17, 15) is 0 Å². The molecular formula is C16H17N3O. The zero-order chi connectivity index (χ0) is 14.1. The molecule has 102 valence electrons. The molecule has 4 heteroatoms. The van der Waals surface area contributed by atoms with Gasteiger partial charge in [-0.1, -0.05) is 61.5 Å². The van der Waals surface area contributed by atoms with Crippen molar-refractivity contribution in [3.05, 3.63) is 59.7 Å². The lowest BCUT2D eigenvalue weighted by Gasteiger charge is -2.11. The molecule has 1 unspecified atom stereocenters. The van der Waals surface area contributed by atoms with Gasteiger partial charge in [0.25, 0.3) is 0 Å². The molecule has 1 atom stereocenters. The summed E-state index contributed by atoms with van der Waals surface area (Å²) in [5, 5.41) is 6.29.